The molecule has 3 atom stereocenters. The Morgan fingerprint density at radius 2 is 1.00 bits per heavy atom. The fourth-order valence-electron chi connectivity index (χ4n) is 5.14. The van der Waals surface area contributed by atoms with Gasteiger partial charge in [0.05, 0.1) is 19.8 Å². The molecule has 0 heterocycles. The first-order chi connectivity index (χ1) is 26.2. The Labute approximate surface area is 327 Å². The molecule has 0 rings (SSSR count). The van der Waals surface area contributed by atoms with Gasteiger partial charge < -0.3 is 24.6 Å². The van der Waals surface area contributed by atoms with Crippen molar-refractivity contribution in [3.63, 3.8) is 0 Å². The standard InChI is InChI=1S/C43H75O10P/c1-3-5-7-9-11-13-15-17-19-20-21-23-25-27-29-31-33-35-43(47)53-41(39-52-54(48,49)51-37-40(45)36-44)38-50-42(46)34-32-30-28-26-24-22-18-16-14-12-10-8-6-4-2/h10,12,16-19,21,23,27,29,40-41,44-45H,3-9,11,13-15,20,22,24-26,28,30-39H2,1-2H3,(H,48,49)/b12-10+,18-16+,19-17+,23-21+,29-27+/t40-,41+/m0/s1. The normalized spacial score (nSPS) is 14.5. The number of esters is 2. The average Bonchev–Trinajstić information content (AvgIpc) is 3.16. The van der Waals surface area contributed by atoms with Crippen molar-refractivity contribution in [3.8, 4) is 0 Å². The van der Waals surface area contributed by atoms with Gasteiger partial charge in [-0.05, 0) is 70.6 Å². The minimum Gasteiger partial charge on any atom is -0.462 e. The van der Waals surface area contributed by atoms with Gasteiger partial charge in [0.2, 0.25) is 0 Å². The molecule has 54 heavy (non-hydrogen) atoms. The Morgan fingerprint density at radius 1 is 0.556 bits per heavy atom. The van der Waals surface area contributed by atoms with Crippen molar-refractivity contribution in [2.45, 2.75) is 174 Å². The molecular weight excluding hydrogens is 707 g/mol. The highest BCUT2D eigenvalue weighted by Gasteiger charge is 2.27. The van der Waals surface area contributed by atoms with Gasteiger partial charge in [0.25, 0.3) is 0 Å². The summed E-state index contributed by atoms with van der Waals surface area (Å²) in [5.74, 6) is -1.01. The highest BCUT2D eigenvalue weighted by Crippen LogP contribution is 2.43. The Hall–Kier alpha value is -2.33. The fraction of sp³-hybridized carbons (Fsp3) is 0.721. The lowest BCUT2D eigenvalue weighted by Crippen LogP contribution is -2.29. The highest BCUT2D eigenvalue weighted by atomic mass is 31.2. The van der Waals surface area contributed by atoms with Crippen LogP contribution >= 0.6 is 7.82 Å². The van der Waals surface area contributed by atoms with Crippen LogP contribution < -0.4 is 0 Å². The first-order valence-corrected chi connectivity index (χ1v) is 22.2. The van der Waals surface area contributed by atoms with Crippen LogP contribution in [0.5, 0.6) is 0 Å². The van der Waals surface area contributed by atoms with Crippen molar-refractivity contribution in [1.29, 1.82) is 0 Å². The van der Waals surface area contributed by atoms with E-state index in [2.05, 4.69) is 73.1 Å². The Bertz CT molecular complexity index is 1080. The molecule has 1 unspecified atom stereocenters. The van der Waals surface area contributed by atoms with E-state index in [1.807, 2.05) is 6.08 Å². The molecule has 0 amide bonds. The van der Waals surface area contributed by atoms with Crippen LogP contribution in [0.15, 0.2) is 60.8 Å². The maximum Gasteiger partial charge on any atom is 0.472 e. The van der Waals surface area contributed by atoms with Gasteiger partial charge in [0.1, 0.15) is 12.7 Å². The van der Waals surface area contributed by atoms with E-state index >= 15 is 0 Å². The summed E-state index contributed by atoms with van der Waals surface area (Å²) in [5.41, 5.74) is 0. The Morgan fingerprint density at radius 3 is 1.56 bits per heavy atom. The molecule has 0 aromatic carbocycles. The molecule has 10 nitrogen and oxygen atoms in total. The van der Waals surface area contributed by atoms with E-state index < -0.39 is 51.8 Å². The lowest BCUT2D eigenvalue weighted by molar-refractivity contribution is -0.161. The molecule has 0 spiro atoms. The van der Waals surface area contributed by atoms with Gasteiger partial charge >= 0.3 is 19.8 Å². The van der Waals surface area contributed by atoms with E-state index in [4.69, 9.17) is 19.1 Å². The van der Waals surface area contributed by atoms with Gasteiger partial charge in [0, 0.05) is 12.8 Å². The van der Waals surface area contributed by atoms with E-state index in [1.54, 1.807) is 0 Å². The summed E-state index contributed by atoms with van der Waals surface area (Å²) < 4.78 is 32.6. The smallest absolute Gasteiger partial charge is 0.462 e. The molecule has 0 aliphatic carbocycles. The van der Waals surface area contributed by atoms with Gasteiger partial charge in [-0.15, -0.1) is 0 Å². The summed E-state index contributed by atoms with van der Waals surface area (Å²) in [7, 11) is -4.63. The molecule has 0 fully saturated rings. The maximum absolute atomic E-state index is 12.6. The van der Waals surface area contributed by atoms with Crippen molar-refractivity contribution in [3.05, 3.63) is 60.8 Å². The number of phosphoric ester groups is 1. The molecule has 0 bridgehead atoms. The molecule has 0 saturated heterocycles. The number of hydrogen-bond acceptors (Lipinski definition) is 9. The van der Waals surface area contributed by atoms with Crippen molar-refractivity contribution in [2.24, 2.45) is 0 Å². The fourth-order valence-corrected chi connectivity index (χ4v) is 5.93. The first kappa shape index (κ1) is 51.7. The number of phosphoric acid groups is 1. The third-order valence-electron chi connectivity index (χ3n) is 8.39. The quantitative estimate of drug-likeness (QED) is 0.0239. The number of aliphatic hydroxyl groups excluding tert-OH is 2. The van der Waals surface area contributed by atoms with Crippen molar-refractivity contribution in [1.82, 2.24) is 0 Å². The maximum atomic E-state index is 12.6. The number of carbonyl (C=O) groups is 2. The zero-order valence-electron chi connectivity index (χ0n) is 33.7. The number of aliphatic hydroxyl groups is 2. The number of rotatable bonds is 38. The van der Waals surface area contributed by atoms with Crippen LogP contribution in [0, 0.1) is 0 Å². The van der Waals surface area contributed by atoms with E-state index in [-0.39, 0.29) is 19.4 Å². The van der Waals surface area contributed by atoms with Crippen LogP contribution in [0.4, 0.5) is 0 Å². The summed E-state index contributed by atoms with van der Waals surface area (Å²) >= 11 is 0. The summed E-state index contributed by atoms with van der Waals surface area (Å²) in [6, 6.07) is 0. The van der Waals surface area contributed by atoms with E-state index in [0.29, 0.717) is 19.3 Å². The predicted molar refractivity (Wildman–Crippen MR) is 219 cm³/mol. The molecule has 3 N–H and O–H groups in total. The van der Waals surface area contributed by atoms with Crippen LogP contribution in [-0.4, -0.2) is 65.7 Å². The van der Waals surface area contributed by atoms with Crippen LogP contribution in [0.3, 0.4) is 0 Å². The van der Waals surface area contributed by atoms with Crippen molar-refractivity contribution in [2.75, 3.05) is 26.4 Å². The molecule has 0 aliphatic rings. The SMILES string of the molecule is CCCC/C=C/C/C=C/CCCCCCCC(=O)OC[C@H](COP(=O)(O)OC[C@@H](O)CO)OC(=O)CCC/C=C/C/C=C/C/C=C/CCCCCCCC. The molecule has 0 saturated carbocycles. The van der Waals surface area contributed by atoms with Gasteiger partial charge in [-0.2, -0.15) is 0 Å². The molecular formula is C43H75O10P. The van der Waals surface area contributed by atoms with Crippen LogP contribution in [0.1, 0.15) is 162 Å². The van der Waals surface area contributed by atoms with E-state index in [9.17, 15) is 24.2 Å². The number of allylic oxidation sites excluding steroid dienone is 10. The minimum atomic E-state index is -4.63. The molecule has 312 valence electrons. The number of hydrogen-bond donors (Lipinski definition) is 3. The molecule has 0 aliphatic heterocycles. The summed E-state index contributed by atoms with van der Waals surface area (Å²) in [6.45, 7) is 2.24. The van der Waals surface area contributed by atoms with Gasteiger partial charge in [0.15, 0.2) is 6.10 Å². The topological polar surface area (TPSA) is 149 Å². The van der Waals surface area contributed by atoms with Gasteiger partial charge in [-0.1, -0.05) is 139 Å². The molecule has 0 aromatic heterocycles. The van der Waals surface area contributed by atoms with E-state index in [0.717, 1.165) is 64.2 Å². The second kappa shape index (κ2) is 38.9. The number of carbonyl (C=O) groups excluding carboxylic acids is 2. The third kappa shape index (κ3) is 38.0. The summed E-state index contributed by atoms with van der Waals surface area (Å²) in [5, 5.41) is 18.3. The van der Waals surface area contributed by atoms with Gasteiger partial charge in [-0.3, -0.25) is 18.6 Å². The second-order valence-electron chi connectivity index (χ2n) is 13.7. The molecule has 0 aromatic rings. The largest absolute Gasteiger partial charge is 0.472 e. The summed E-state index contributed by atoms with van der Waals surface area (Å²) in [4.78, 5) is 34.9. The van der Waals surface area contributed by atoms with Crippen LogP contribution in [-0.2, 0) is 32.7 Å². The zero-order chi connectivity index (χ0) is 39.8. The van der Waals surface area contributed by atoms with Crippen molar-refractivity contribution < 1.29 is 47.8 Å². The van der Waals surface area contributed by atoms with Crippen LogP contribution in [0.2, 0.25) is 0 Å². The predicted octanol–water partition coefficient (Wildman–Crippen LogP) is 10.7. The monoisotopic (exact) mass is 783 g/mol. The highest BCUT2D eigenvalue weighted by molar-refractivity contribution is 7.47. The number of ether oxygens (including phenoxy) is 2. The van der Waals surface area contributed by atoms with Gasteiger partial charge in [-0.25, -0.2) is 4.57 Å². The Balaban J connectivity index is 4.45. The minimum absolute atomic E-state index is 0.107. The zero-order valence-corrected chi connectivity index (χ0v) is 34.6. The average molecular weight is 783 g/mol. The first-order valence-electron chi connectivity index (χ1n) is 20.7. The molecule has 11 heteroatoms. The molecule has 0 radical (unpaired) electrons. The number of unbranched alkanes of at least 4 members (excludes halogenated alkanes) is 14. The van der Waals surface area contributed by atoms with E-state index in [1.165, 1.54) is 51.4 Å². The Kier molecular flexibility index (Phi) is 37.2. The van der Waals surface area contributed by atoms with Crippen molar-refractivity contribution >= 4 is 19.8 Å². The summed E-state index contributed by atoms with van der Waals surface area (Å²) in [6.07, 6.45) is 41.9. The lowest BCUT2D eigenvalue weighted by Gasteiger charge is -2.20. The lowest BCUT2D eigenvalue weighted by atomic mass is 10.1. The van der Waals surface area contributed by atoms with Crippen LogP contribution in [0.25, 0.3) is 0 Å². The second-order valence-corrected chi connectivity index (χ2v) is 15.1. The third-order valence-corrected chi connectivity index (χ3v) is 9.35.